The van der Waals surface area contributed by atoms with E-state index < -0.39 is 0 Å². The molecule has 1 aliphatic carbocycles. The Labute approximate surface area is 130 Å². The largest absolute Gasteiger partial charge is 0.319 e. The lowest BCUT2D eigenvalue weighted by Gasteiger charge is -2.38. The lowest BCUT2D eigenvalue weighted by atomic mass is 9.79. The summed E-state index contributed by atoms with van der Waals surface area (Å²) in [7, 11) is 2.11. The van der Waals surface area contributed by atoms with Crippen molar-refractivity contribution in [3.63, 3.8) is 0 Å². The molecule has 0 aliphatic heterocycles. The second-order valence-corrected chi connectivity index (χ2v) is 6.73. The minimum atomic E-state index is 0.482. The van der Waals surface area contributed by atoms with Crippen LogP contribution in [-0.4, -0.2) is 31.6 Å². The van der Waals surface area contributed by atoms with E-state index in [1.165, 1.54) is 50.6 Å². The Kier molecular flexibility index (Phi) is 6.72. The molecule has 0 unspecified atom stereocenters. The second kappa shape index (κ2) is 8.55. The first-order valence-corrected chi connectivity index (χ1v) is 8.69. The van der Waals surface area contributed by atoms with E-state index >= 15 is 0 Å². The van der Waals surface area contributed by atoms with Crippen LogP contribution >= 0.6 is 0 Å². The smallest absolute Gasteiger partial charge is 0.0233 e. The van der Waals surface area contributed by atoms with E-state index in [0.717, 1.165) is 19.6 Å². The van der Waals surface area contributed by atoms with Gasteiger partial charge in [0.05, 0.1) is 0 Å². The summed E-state index contributed by atoms with van der Waals surface area (Å²) in [5, 5.41) is 3.47. The van der Waals surface area contributed by atoms with Crippen molar-refractivity contribution in [2.75, 3.05) is 26.7 Å². The molecule has 118 valence electrons. The predicted molar refractivity (Wildman–Crippen MR) is 91.5 cm³/mol. The van der Waals surface area contributed by atoms with E-state index in [4.69, 9.17) is 0 Å². The summed E-state index contributed by atoms with van der Waals surface area (Å²) in [6.07, 6.45) is 8.44. The molecule has 0 atom stereocenters. The van der Waals surface area contributed by atoms with Gasteiger partial charge in [0.15, 0.2) is 0 Å². The van der Waals surface area contributed by atoms with Gasteiger partial charge < -0.3 is 5.32 Å². The molecule has 1 fully saturated rings. The standard InChI is InChI=1S/C19H32N2/c1-3-21(15-18-11-7-6-8-12-18)17-19(16-20-2)13-9-4-5-10-14-19/h6-8,11-12,20H,3-5,9-10,13-17H2,1-2H3. The van der Waals surface area contributed by atoms with Crippen molar-refractivity contribution in [2.45, 2.75) is 52.0 Å². The first kappa shape index (κ1) is 16.5. The van der Waals surface area contributed by atoms with Crippen molar-refractivity contribution in [2.24, 2.45) is 5.41 Å². The van der Waals surface area contributed by atoms with Crippen molar-refractivity contribution < 1.29 is 0 Å². The Bertz CT molecular complexity index is 380. The first-order chi connectivity index (χ1) is 10.3. The molecule has 0 aromatic heterocycles. The van der Waals surface area contributed by atoms with E-state index in [9.17, 15) is 0 Å². The molecular formula is C19H32N2. The summed E-state index contributed by atoms with van der Waals surface area (Å²) >= 11 is 0. The lowest BCUT2D eigenvalue weighted by molar-refractivity contribution is 0.128. The van der Waals surface area contributed by atoms with Crippen LogP contribution in [0.4, 0.5) is 0 Å². The van der Waals surface area contributed by atoms with Crippen LogP contribution in [0, 0.1) is 5.41 Å². The number of benzene rings is 1. The third kappa shape index (κ3) is 5.12. The van der Waals surface area contributed by atoms with Gasteiger partial charge in [-0.25, -0.2) is 0 Å². The number of nitrogens with one attached hydrogen (secondary N) is 1. The molecule has 1 aliphatic rings. The maximum Gasteiger partial charge on any atom is 0.0233 e. The number of rotatable bonds is 7. The molecule has 1 saturated carbocycles. The van der Waals surface area contributed by atoms with Gasteiger partial charge in [0, 0.05) is 19.6 Å². The quantitative estimate of drug-likeness (QED) is 0.761. The molecule has 0 spiro atoms. The zero-order valence-corrected chi connectivity index (χ0v) is 13.9. The normalized spacial score (nSPS) is 18.6. The summed E-state index contributed by atoms with van der Waals surface area (Å²) in [5.74, 6) is 0. The minimum absolute atomic E-state index is 0.482. The molecule has 21 heavy (non-hydrogen) atoms. The molecule has 1 aromatic rings. The van der Waals surface area contributed by atoms with Gasteiger partial charge in [-0.2, -0.15) is 0 Å². The van der Waals surface area contributed by atoms with Gasteiger partial charge in [0.25, 0.3) is 0 Å². The Morgan fingerprint density at radius 1 is 1.05 bits per heavy atom. The van der Waals surface area contributed by atoms with Gasteiger partial charge in [-0.1, -0.05) is 62.9 Å². The molecule has 2 heteroatoms. The zero-order chi connectivity index (χ0) is 15.0. The van der Waals surface area contributed by atoms with Crippen molar-refractivity contribution in [3.8, 4) is 0 Å². The molecule has 1 aromatic carbocycles. The highest BCUT2D eigenvalue weighted by atomic mass is 15.1. The van der Waals surface area contributed by atoms with Gasteiger partial charge >= 0.3 is 0 Å². The maximum absolute atomic E-state index is 3.47. The van der Waals surface area contributed by atoms with Crippen molar-refractivity contribution in [1.82, 2.24) is 10.2 Å². The molecule has 1 N–H and O–H groups in total. The fourth-order valence-electron chi connectivity index (χ4n) is 3.84. The summed E-state index contributed by atoms with van der Waals surface area (Å²) in [6, 6.07) is 10.9. The van der Waals surface area contributed by atoms with Crippen LogP contribution in [0.15, 0.2) is 30.3 Å². The summed E-state index contributed by atoms with van der Waals surface area (Å²) in [5.41, 5.74) is 1.92. The van der Waals surface area contributed by atoms with Gasteiger partial charge in [0.1, 0.15) is 0 Å². The van der Waals surface area contributed by atoms with Crippen LogP contribution in [0.25, 0.3) is 0 Å². The average Bonchev–Trinajstić information content (AvgIpc) is 2.74. The Balaban J connectivity index is 2.02. The molecule has 2 rings (SSSR count). The number of hydrogen-bond donors (Lipinski definition) is 1. The summed E-state index contributed by atoms with van der Waals surface area (Å²) in [4.78, 5) is 2.64. The SMILES string of the molecule is CCN(Cc1ccccc1)CC1(CNC)CCCCCC1. The van der Waals surface area contributed by atoms with E-state index in [0.29, 0.717) is 5.41 Å². The van der Waals surface area contributed by atoms with Gasteiger partial charge in [-0.3, -0.25) is 4.90 Å². The highest BCUT2D eigenvalue weighted by Crippen LogP contribution is 2.35. The van der Waals surface area contributed by atoms with Crippen LogP contribution in [0.3, 0.4) is 0 Å². The molecule has 0 bridgehead atoms. The monoisotopic (exact) mass is 288 g/mol. The minimum Gasteiger partial charge on any atom is -0.319 e. The van der Waals surface area contributed by atoms with Crippen LogP contribution < -0.4 is 5.32 Å². The topological polar surface area (TPSA) is 15.3 Å². The number of hydrogen-bond acceptors (Lipinski definition) is 2. The van der Waals surface area contributed by atoms with Crippen LogP contribution in [0.1, 0.15) is 51.0 Å². The lowest BCUT2D eigenvalue weighted by Crippen LogP contribution is -2.43. The van der Waals surface area contributed by atoms with Crippen LogP contribution in [0.2, 0.25) is 0 Å². The average molecular weight is 288 g/mol. The molecule has 2 nitrogen and oxygen atoms in total. The Hall–Kier alpha value is -0.860. The van der Waals surface area contributed by atoms with E-state index in [1.54, 1.807) is 0 Å². The van der Waals surface area contributed by atoms with Gasteiger partial charge in [-0.15, -0.1) is 0 Å². The number of nitrogens with zero attached hydrogens (tertiary/aromatic N) is 1. The zero-order valence-electron chi connectivity index (χ0n) is 13.9. The molecular weight excluding hydrogens is 256 g/mol. The van der Waals surface area contributed by atoms with Crippen molar-refractivity contribution in [1.29, 1.82) is 0 Å². The highest BCUT2D eigenvalue weighted by Gasteiger charge is 2.31. The fourth-order valence-corrected chi connectivity index (χ4v) is 3.84. The fraction of sp³-hybridized carbons (Fsp3) is 0.684. The van der Waals surface area contributed by atoms with Crippen LogP contribution in [0.5, 0.6) is 0 Å². The van der Waals surface area contributed by atoms with E-state index in [-0.39, 0.29) is 0 Å². The highest BCUT2D eigenvalue weighted by molar-refractivity contribution is 5.14. The van der Waals surface area contributed by atoms with Gasteiger partial charge in [-0.05, 0) is 37.4 Å². The second-order valence-electron chi connectivity index (χ2n) is 6.73. The van der Waals surface area contributed by atoms with E-state index in [1.807, 2.05) is 0 Å². The van der Waals surface area contributed by atoms with E-state index in [2.05, 4.69) is 54.5 Å². The Morgan fingerprint density at radius 2 is 1.71 bits per heavy atom. The first-order valence-electron chi connectivity index (χ1n) is 8.69. The maximum atomic E-state index is 3.47. The Morgan fingerprint density at radius 3 is 2.29 bits per heavy atom. The summed E-state index contributed by atoms with van der Waals surface area (Å²) in [6.45, 7) is 6.92. The van der Waals surface area contributed by atoms with Gasteiger partial charge in [0.2, 0.25) is 0 Å². The molecule has 0 amide bonds. The molecule has 0 saturated heterocycles. The summed E-state index contributed by atoms with van der Waals surface area (Å²) < 4.78 is 0. The molecule has 0 radical (unpaired) electrons. The predicted octanol–water partition coefficient (Wildman–Crippen LogP) is 4.07. The van der Waals surface area contributed by atoms with Crippen LogP contribution in [-0.2, 0) is 6.54 Å². The third-order valence-corrected chi connectivity index (χ3v) is 4.97. The van der Waals surface area contributed by atoms with Crippen molar-refractivity contribution in [3.05, 3.63) is 35.9 Å². The van der Waals surface area contributed by atoms with Crippen molar-refractivity contribution >= 4 is 0 Å². The molecule has 0 heterocycles. The third-order valence-electron chi connectivity index (χ3n) is 4.97.